The number of aliphatic hydroxyl groups excluding tert-OH is 1. The van der Waals surface area contributed by atoms with Crippen LogP contribution in [0.4, 0.5) is 0 Å². The Morgan fingerprint density at radius 1 is 1.35 bits per heavy atom. The number of likely N-dealkylation sites (tertiary alicyclic amines) is 1. The van der Waals surface area contributed by atoms with Gasteiger partial charge in [0.25, 0.3) is 0 Å². The van der Waals surface area contributed by atoms with E-state index in [0.717, 1.165) is 31.7 Å². The predicted molar refractivity (Wildman–Crippen MR) is 86.1 cm³/mol. The lowest BCUT2D eigenvalue weighted by Crippen LogP contribution is -2.46. The smallest absolute Gasteiger partial charge is 0.0613 e. The van der Waals surface area contributed by atoms with E-state index in [0.29, 0.717) is 0 Å². The van der Waals surface area contributed by atoms with E-state index in [1.54, 1.807) is 0 Å². The topological polar surface area (TPSA) is 38.7 Å². The number of nitrogens with one attached hydrogen (secondary N) is 1. The van der Waals surface area contributed by atoms with Gasteiger partial charge in [0.2, 0.25) is 0 Å². The van der Waals surface area contributed by atoms with Gasteiger partial charge in [-0.1, -0.05) is 6.92 Å². The largest absolute Gasteiger partial charge is 0.394 e. The van der Waals surface area contributed by atoms with Crippen LogP contribution in [0.3, 0.4) is 0 Å². The van der Waals surface area contributed by atoms with Gasteiger partial charge in [-0.25, -0.2) is 0 Å². The summed E-state index contributed by atoms with van der Waals surface area (Å²) in [5, 5.41) is 12.8. The Morgan fingerprint density at radius 2 is 2.00 bits per heavy atom. The van der Waals surface area contributed by atoms with E-state index in [1.165, 1.54) is 32.5 Å². The van der Waals surface area contributed by atoms with E-state index in [9.17, 15) is 5.11 Å². The molecule has 0 aliphatic carbocycles. The average Bonchev–Trinajstić information content (AvgIpc) is 2.47. The van der Waals surface area contributed by atoms with Crippen LogP contribution < -0.4 is 5.32 Å². The number of nitrogens with zero attached hydrogens (tertiary/aromatic N) is 2. The van der Waals surface area contributed by atoms with Gasteiger partial charge in [0.05, 0.1) is 6.61 Å². The average molecular weight is 285 g/mol. The third-order valence-corrected chi connectivity index (χ3v) is 5.11. The quantitative estimate of drug-likeness (QED) is 0.672. The number of hydrogen-bond donors (Lipinski definition) is 2. The highest BCUT2D eigenvalue weighted by Gasteiger charge is 2.24. The Kier molecular flexibility index (Phi) is 8.03. The monoisotopic (exact) mass is 285 g/mol. The second-order valence-electron chi connectivity index (χ2n) is 6.65. The summed E-state index contributed by atoms with van der Waals surface area (Å²) >= 11 is 0. The predicted octanol–water partition coefficient (Wildman–Crippen LogP) is 1.40. The minimum Gasteiger partial charge on any atom is -0.394 e. The number of likely N-dealkylation sites (N-methyl/N-ethyl adjacent to an activating group) is 1. The number of hydrogen-bond acceptors (Lipinski definition) is 4. The van der Waals surface area contributed by atoms with Gasteiger partial charge in [-0.15, -0.1) is 0 Å². The number of aliphatic hydroxyl groups is 1. The number of rotatable bonds is 9. The molecule has 1 heterocycles. The highest BCUT2D eigenvalue weighted by molar-refractivity contribution is 4.84. The van der Waals surface area contributed by atoms with Crippen LogP contribution in [0.1, 0.15) is 39.0 Å². The first kappa shape index (κ1) is 17.9. The lowest BCUT2D eigenvalue weighted by atomic mass is 9.91. The molecule has 0 aromatic heterocycles. The minimum atomic E-state index is -0.0750. The van der Waals surface area contributed by atoms with E-state index in [-0.39, 0.29) is 12.1 Å². The number of piperidine rings is 1. The zero-order valence-corrected chi connectivity index (χ0v) is 14.0. The molecule has 0 bridgehead atoms. The molecule has 4 heteroatoms. The van der Waals surface area contributed by atoms with Crippen LogP contribution >= 0.6 is 0 Å². The van der Waals surface area contributed by atoms with Crippen LogP contribution in [0.2, 0.25) is 0 Å². The molecule has 1 saturated heterocycles. The molecule has 1 aliphatic rings. The minimum absolute atomic E-state index is 0.0750. The highest BCUT2D eigenvalue weighted by Crippen LogP contribution is 2.19. The molecule has 0 radical (unpaired) electrons. The zero-order valence-electron chi connectivity index (χ0n) is 14.0. The fraction of sp³-hybridized carbons (Fsp3) is 1.00. The molecule has 0 aromatic rings. The molecule has 0 aromatic carbocycles. The van der Waals surface area contributed by atoms with Crippen molar-refractivity contribution < 1.29 is 5.11 Å². The molecule has 0 amide bonds. The maximum atomic E-state index is 9.55. The summed E-state index contributed by atoms with van der Waals surface area (Å²) < 4.78 is 0. The summed E-state index contributed by atoms with van der Waals surface area (Å²) in [6.45, 7) is 7.25. The molecule has 120 valence electrons. The van der Waals surface area contributed by atoms with Crippen molar-refractivity contribution in [2.75, 3.05) is 53.9 Å². The highest BCUT2D eigenvalue weighted by atomic mass is 16.3. The summed E-state index contributed by atoms with van der Waals surface area (Å²) in [5.41, 5.74) is -0.0750. The van der Waals surface area contributed by atoms with Gasteiger partial charge in [-0.2, -0.15) is 0 Å². The second kappa shape index (κ2) is 8.98. The van der Waals surface area contributed by atoms with Crippen molar-refractivity contribution in [2.45, 2.75) is 44.6 Å². The van der Waals surface area contributed by atoms with Gasteiger partial charge in [0, 0.05) is 12.1 Å². The summed E-state index contributed by atoms with van der Waals surface area (Å²) in [6.07, 6.45) is 5.87. The van der Waals surface area contributed by atoms with Crippen LogP contribution in [0.25, 0.3) is 0 Å². The molecule has 0 spiro atoms. The normalized spacial score (nSPS) is 21.3. The van der Waals surface area contributed by atoms with Crippen LogP contribution in [0, 0.1) is 5.92 Å². The van der Waals surface area contributed by atoms with Gasteiger partial charge in [-0.3, -0.25) is 0 Å². The van der Waals surface area contributed by atoms with Crippen molar-refractivity contribution >= 4 is 0 Å². The Labute approximate surface area is 125 Å². The molecule has 1 atom stereocenters. The summed E-state index contributed by atoms with van der Waals surface area (Å²) in [7, 11) is 6.42. The van der Waals surface area contributed by atoms with Gasteiger partial charge in [0.1, 0.15) is 0 Å². The molecule has 1 unspecified atom stereocenters. The Balaban J connectivity index is 2.21. The first-order valence-corrected chi connectivity index (χ1v) is 8.22. The lowest BCUT2D eigenvalue weighted by molar-refractivity contribution is 0.141. The van der Waals surface area contributed by atoms with Crippen molar-refractivity contribution in [3.8, 4) is 0 Å². The second-order valence-corrected chi connectivity index (χ2v) is 6.65. The van der Waals surface area contributed by atoms with Gasteiger partial charge >= 0.3 is 0 Å². The van der Waals surface area contributed by atoms with Crippen LogP contribution in [0.15, 0.2) is 0 Å². The van der Waals surface area contributed by atoms with Crippen LogP contribution in [0.5, 0.6) is 0 Å². The van der Waals surface area contributed by atoms with Gasteiger partial charge in [-0.05, 0) is 78.8 Å². The van der Waals surface area contributed by atoms with E-state index in [2.05, 4.69) is 36.1 Å². The Bertz CT molecular complexity index is 240. The van der Waals surface area contributed by atoms with Crippen molar-refractivity contribution in [1.82, 2.24) is 15.1 Å². The summed E-state index contributed by atoms with van der Waals surface area (Å²) in [6, 6.07) is 0. The van der Waals surface area contributed by atoms with Gasteiger partial charge in [0.15, 0.2) is 0 Å². The third kappa shape index (κ3) is 5.68. The molecule has 20 heavy (non-hydrogen) atoms. The van der Waals surface area contributed by atoms with Gasteiger partial charge < -0.3 is 20.2 Å². The zero-order chi connectivity index (χ0) is 15.0. The summed E-state index contributed by atoms with van der Waals surface area (Å²) in [4.78, 5) is 4.91. The SMILES string of the molecule is CCC(CO)(CCCN(C)CC1CCN(C)CC1)NC. The fourth-order valence-corrected chi connectivity index (χ4v) is 3.21. The lowest BCUT2D eigenvalue weighted by Gasteiger charge is -2.33. The fourth-order valence-electron chi connectivity index (χ4n) is 3.21. The van der Waals surface area contributed by atoms with Crippen LogP contribution in [-0.4, -0.2) is 74.4 Å². The standard InChI is InChI=1S/C16H35N3O/c1-5-16(14-20,17-2)9-6-10-19(4)13-15-7-11-18(3)12-8-15/h15,17,20H,5-14H2,1-4H3. The first-order chi connectivity index (χ1) is 9.55. The Morgan fingerprint density at radius 3 is 2.50 bits per heavy atom. The molecular weight excluding hydrogens is 250 g/mol. The van der Waals surface area contributed by atoms with Crippen molar-refractivity contribution in [1.29, 1.82) is 0 Å². The molecule has 0 saturated carbocycles. The third-order valence-electron chi connectivity index (χ3n) is 5.11. The summed E-state index contributed by atoms with van der Waals surface area (Å²) in [5.74, 6) is 0.870. The maximum Gasteiger partial charge on any atom is 0.0613 e. The Hall–Kier alpha value is -0.160. The maximum absolute atomic E-state index is 9.55. The molecule has 1 aliphatic heterocycles. The molecule has 2 N–H and O–H groups in total. The molecule has 1 fully saturated rings. The van der Waals surface area contributed by atoms with E-state index in [4.69, 9.17) is 0 Å². The molecular formula is C16H35N3O. The van der Waals surface area contributed by atoms with Crippen molar-refractivity contribution in [3.63, 3.8) is 0 Å². The van der Waals surface area contributed by atoms with E-state index < -0.39 is 0 Å². The molecule has 1 rings (SSSR count). The van der Waals surface area contributed by atoms with Crippen molar-refractivity contribution in [2.24, 2.45) is 5.92 Å². The van der Waals surface area contributed by atoms with E-state index in [1.807, 2.05) is 7.05 Å². The first-order valence-electron chi connectivity index (χ1n) is 8.22. The van der Waals surface area contributed by atoms with Crippen LogP contribution in [-0.2, 0) is 0 Å². The van der Waals surface area contributed by atoms with E-state index >= 15 is 0 Å². The molecule has 4 nitrogen and oxygen atoms in total. The van der Waals surface area contributed by atoms with Crippen molar-refractivity contribution in [3.05, 3.63) is 0 Å².